The maximum absolute atomic E-state index is 12.7. The fourth-order valence-electron chi connectivity index (χ4n) is 2.83. The molecular formula is C20H19N3O6S2. The van der Waals surface area contributed by atoms with Crippen molar-refractivity contribution in [1.82, 2.24) is 0 Å². The van der Waals surface area contributed by atoms with Crippen molar-refractivity contribution >= 4 is 37.1 Å². The van der Waals surface area contributed by atoms with Gasteiger partial charge in [-0.1, -0.05) is 18.2 Å². The van der Waals surface area contributed by atoms with E-state index in [0.717, 1.165) is 11.6 Å². The molecule has 2 N–H and O–H groups in total. The van der Waals surface area contributed by atoms with Gasteiger partial charge in [-0.3, -0.25) is 19.6 Å². The van der Waals surface area contributed by atoms with E-state index in [1.807, 2.05) is 13.0 Å². The molecule has 0 aliphatic rings. The van der Waals surface area contributed by atoms with Crippen LogP contribution in [0.3, 0.4) is 0 Å². The summed E-state index contributed by atoms with van der Waals surface area (Å²) in [6.07, 6.45) is 0. The van der Waals surface area contributed by atoms with Gasteiger partial charge in [0.15, 0.2) is 0 Å². The highest BCUT2D eigenvalue weighted by Crippen LogP contribution is 2.25. The largest absolute Gasteiger partial charge is 0.280 e. The van der Waals surface area contributed by atoms with Crippen molar-refractivity contribution in [2.75, 3.05) is 9.44 Å². The molecule has 0 spiro atoms. The van der Waals surface area contributed by atoms with Crippen LogP contribution in [0.5, 0.6) is 0 Å². The van der Waals surface area contributed by atoms with Crippen LogP contribution >= 0.6 is 0 Å². The SMILES string of the molecule is Cc1cccc(NS(=O)(=O)c2ccc(NS(=O)(=O)c3cc([N+](=O)[O-])ccc3C)cc2)c1. The Kier molecular flexibility index (Phi) is 6.00. The smallest absolute Gasteiger partial charge is 0.270 e. The minimum Gasteiger partial charge on any atom is -0.280 e. The number of benzene rings is 3. The van der Waals surface area contributed by atoms with Crippen LogP contribution < -0.4 is 9.44 Å². The van der Waals surface area contributed by atoms with Crippen LogP contribution in [0.2, 0.25) is 0 Å². The number of aryl methyl sites for hydroxylation is 2. The maximum Gasteiger partial charge on any atom is 0.270 e. The summed E-state index contributed by atoms with van der Waals surface area (Å²) >= 11 is 0. The van der Waals surface area contributed by atoms with Gasteiger partial charge >= 0.3 is 0 Å². The molecule has 0 saturated heterocycles. The second-order valence-corrected chi connectivity index (χ2v) is 10.1. The summed E-state index contributed by atoms with van der Waals surface area (Å²) in [6.45, 7) is 3.35. The lowest BCUT2D eigenvalue weighted by atomic mass is 10.2. The quantitative estimate of drug-likeness (QED) is 0.406. The van der Waals surface area contributed by atoms with Crippen LogP contribution in [-0.2, 0) is 20.0 Å². The van der Waals surface area contributed by atoms with Crippen molar-refractivity contribution < 1.29 is 21.8 Å². The van der Waals surface area contributed by atoms with Gasteiger partial charge in [0.25, 0.3) is 25.7 Å². The third-order valence-corrected chi connectivity index (χ3v) is 7.28. The third kappa shape index (κ3) is 5.19. The Morgan fingerprint density at radius 2 is 1.42 bits per heavy atom. The minimum atomic E-state index is -4.12. The van der Waals surface area contributed by atoms with Gasteiger partial charge in [0.05, 0.1) is 14.7 Å². The number of sulfonamides is 2. The average Bonchev–Trinajstić information content (AvgIpc) is 2.67. The fourth-order valence-corrected chi connectivity index (χ4v) is 5.20. The summed E-state index contributed by atoms with van der Waals surface area (Å²) in [5, 5.41) is 11.0. The maximum atomic E-state index is 12.7. The molecule has 0 aromatic heterocycles. The summed E-state index contributed by atoms with van der Waals surface area (Å²) in [4.78, 5) is 9.99. The van der Waals surface area contributed by atoms with E-state index >= 15 is 0 Å². The molecule has 0 atom stereocenters. The Bertz CT molecular complexity index is 1350. The van der Waals surface area contributed by atoms with Crippen molar-refractivity contribution in [2.24, 2.45) is 0 Å². The number of nitrogens with zero attached hydrogens (tertiary/aromatic N) is 1. The van der Waals surface area contributed by atoms with Crippen LogP contribution in [0.15, 0.2) is 76.5 Å². The van der Waals surface area contributed by atoms with Gasteiger partial charge in [0.2, 0.25) is 0 Å². The number of nitro groups is 1. The molecule has 0 aliphatic carbocycles. The summed E-state index contributed by atoms with van der Waals surface area (Å²) in [5.74, 6) is 0. The molecule has 0 saturated carbocycles. The average molecular weight is 462 g/mol. The summed E-state index contributed by atoms with van der Waals surface area (Å²) in [5.41, 5.74) is 1.39. The Morgan fingerprint density at radius 1 is 0.774 bits per heavy atom. The number of nitrogens with one attached hydrogen (secondary N) is 2. The third-order valence-electron chi connectivity index (χ3n) is 4.36. The van der Waals surface area contributed by atoms with E-state index < -0.39 is 25.0 Å². The standard InChI is InChI=1S/C20H19N3O6S2/c1-14-4-3-5-17(12-14)22-30(26,27)19-10-7-16(8-11-19)21-31(28,29)20-13-18(23(24)25)9-6-15(20)2/h3-13,21-22H,1-2H3. The van der Waals surface area contributed by atoms with Crippen molar-refractivity contribution in [2.45, 2.75) is 23.6 Å². The summed E-state index contributed by atoms with van der Waals surface area (Å²) < 4.78 is 55.3. The van der Waals surface area contributed by atoms with Gasteiger partial charge in [-0.25, -0.2) is 16.8 Å². The zero-order valence-electron chi connectivity index (χ0n) is 16.6. The molecule has 3 aromatic rings. The Labute approximate surface area is 180 Å². The summed E-state index contributed by atoms with van der Waals surface area (Å²) in [6, 6.07) is 15.5. The second kappa shape index (κ2) is 8.36. The van der Waals surface area contributed by atoms with E-state index in [0.29, 0.717) is 11.3 Å². The van der Waals surface area contributed by atoms with Gasteiger partial charge in [-0.2, -0.15) is 0 Å². The van der Waals surface area contributed by atoms with Crippen LogP contribution in [0.4, 0.5) is 17.1 Å². The first kappa shape index (κ1) is 22.2. The molecule has 162 valence electrons. The fraction of sp³-hybridized carbons (Fsp3) is 0.100. The second-order valence-electron chi connectivity index (χ2n) is 6.81. The lowest BCUT2D eigenvalue weighted by Gasteiger charge is -2.12. The number of non-ortho nitro benzene ring substituents is 1. The predicted molar refractivity (Wildman–Crippen MR) is 117 cm³/mol. The topological polar surface area (TPSA) is 135 Å². The molecule has 0 unspecified atom stereocenters. The molecule has 0 radical (unpaired) electrons. The van der Waals surface area contributed by atoms with E-state index in [1.54, 1.807) is 18.2 Å². The first-order valence-corrected chi connectivity index (χ1v) is 11.9. The van der Waals surface area contributed by atoms with Crippen molar-refractivity contribution in [3.8, 4) is 0 Å². The van der Waals surface area contributed by atoms with Crippen LogP contribution in [0.25, 0.3) is 0 Å². The van der Waals surface area contributed by atoms with Crippen molar-refractivity contribution in [3.05, 3.63) is 88.0 Å². The Morgan fingerprint density at radius 3 is 2.03 bits per heavy atom. The molecule has 31 heavy (non-hydrogen) atoms. The van der Waals surface area contributed by atoms with Crippen LogP contribution in [-0.4, -0.2) is 21.8 Å². The number of hydrogen-bond donors (Lipinski definition) is 2. The molecule has 0 amide bonds. The number of anilines is 2. The molecule has 0 heterocycles. The molecule has 0 bridgehead atoms. The first-order chi connectivity index (χ1) is 14.5. The molecule has 3 aromatic carbocycles. The number of rotatable bonds is 7. The van der Waals surface area contributed by atoms with Gasteiger partial charge < -0.3 is 0 Å². The van der Waals surface area contributed by atoms with Gasteiger partial charge in [-0.05, 0) is 61.4 Å². The molecule has 0 fully saturated rings. The molecule has 0 aliphatic heterocycles. The van der Waals surface area contributed by atoms with Gasteiger partial charge in [-0.15, -0.1) is 0 Å². The first-order valence-electron chi connectivity index (χ1n) is 8.95. The highest BCUT2D eigenvalue weighted by Gasteiger charge is 2.21. The lowest BCUT2D eigenvalue weighted by Crippen LogP contribution is -2.15. The number of nitro benzene ring substituents is 1. The number of hydrogen-bond acceptors (Lipinski definition) is 6. The molecule has 11 heteroatoms. The Balaban J connectivity index is 1.83. The lowest BCUT2D eigenvalue weighted by molar-refractivity contribution is -0.385. The van der Waals surface area contributed by atoms with Crippen LogP contribution in [0, 0.1) is 24.0 Å². The monoisotopic (exact) mass is 461 g/mol. The van der Waals surface area contributed by atoms with E-state index in [2.05, 4.69) is 9.44 Å². The van der Waals surface area contributed by atoms with E-state index in [1.165, 1.54) is 43.3 Å². The molecular weight excluding hydrogens is 442 g/mol. The molecule has 9 nitrogen and oxygen atoms in total. The minimum absolute atomic E-state index is 0.0523. The summed E-state index contributed by atoms with van der Waals surface area (Å²) in [7, 11) is -7.99. The highest BCUT2D eigenvalue weighted by molar-refractivity contribution is 7.93. The van der Waals surface area contributed by atoms with Crippen LogP contribution in [0.1, 0.15) is 11.1 Å². The highest BCUT2D eigenvalue weighted by atomic mass is 32.2. The Hall–Kier alpha value is -3.44. The van der Waals surface area contributed by atoms with Crippen molar-refractivity contribution in [3.63, 3.8) is 0 Å². The predicted octanol–water partition coefficient (Wildman–Crippen LogP) is 3.81. The van der Waals surface area contributed by atoms with Gasteiger partial charge in [0, 0.05) is 23.5 Å². The molecule has 3 rings (SSSR count). The zero-order chi connectivity index (χ0) is 22.8. The van der Waals surface area contributed by atoms with Crippen molar-refractivity contribution in [1.29, 1.82) is 0 Å². The van der Waals surface area contributed by atoms with E-state index in [9.17, 15) is 26.9 Å². The zero-order valence-corrected chi connectivity index (χ0v) is 18.2. The van der Waals surface area contributed by atoms with Gasteiger partial charge in [0.1, 0.15) is 0 Å². The van der Waals surface area contributed by atoms with E-state index in [4.69, 9.17) is 0 Å². The normalized spacial score (nSPS) is 11.7. The van der Waals surface area contributed by atoms with E-state index in [-0.39, 0.29) is 21.2 Å².